The highest BCUT2D eigenvalue weighted by Crippen LogP contribution is 2.09. The highest BCUT2D eigenvalue weighted by Gasteiger charge is 1.96. The van der Waals surface area contributed by atoms with Crippen molar-refractivity contribution < 1.29 is 4.74 Å². The fourth-order valence-corrected chi connectivity index (χ4v) is 1.45. The maximum absolute atomic E-state index is 5.53. The second-order valence-electron chi connectivity index (χ2n) is 3.70. The van der Waals surface area contributed by atoms with E-state index in [0.717, 1.165) is 18.5 Å². The number of ether oxygens (including phenoxy) is 1. The van der Waals surface area contributed by atoms with Crippen molar-refractivity contribution in [2.24, 2.45) is 0 Å². The number of nitrogens with two attached hydrogens (primary N) is 1. The van der Waals surface area contributed by atoms with Crippen LogP contribution in [0.1, 0.15) is 12.1 Å². The lowest BCUT2D eigenvalue weighted by Crippen LogP contribution is -2.01. The average Bonchev–Trinajstić information content (AvgIpc) is 2.38. The van der Waals surface area contributed by atoms with Gasteiger partial charge in [0.05, 0.1) is 18.5 Å². The fraction of sp³-hybridized carbons (Fsp3) is 0.231. The van der Waals surface area contributed by atoms with E-state index in [1.165, 1.54) is 0 Å². The lowest BCUT2D eigenvalue weighted by molar-refractivity contribution is 0.299. The Hall–Kier alpha value is -2.10. The van der Waals surface area contributed by atoms with Crippen molar-refractivity contribution in [1.29, 1.82) is 0 Å². The number of aryl methyl sites for hydroxylation is 1. The van der Waals surface area contributed by atoms with Gasteiger partial charge in [0, 0.05) is 18.0 Å². The summed E-state index contributed by atoms with van der Waals surface area (Å²) in [5, 5.41) is 0. The van der Waals surface area contributed by atoms with Crippen molar-refractivity contribution in [1.82, 2.24) is 9.97 Å². The van der Waals surface area contributed by atoms with Crippen LogP contribution in [0.3, 0.4) is 0 Å². The van der Waals surface area contributed by atoms with Crippen molar-refractivity contribution in [3.05, 3.63) is 48.4 Å². The Morgan fingerprint density at radius 2 is 2.06 bits per heavy atom. The van der Waals surface area contributed by atoms with Gasteiger partial charge in [-0.1, -0.05) is 6.07 Å². The third kappa shape index (κ3) is 3.75. The lowest BCUT2D eigenvalue weighted by Gasteiger charge is -2.04. The van der Waals surface area contributed by atoms with E-state index in [2.05, 4.69) is 9.97 Å². The molecule has 4 nitrogen and oxygen atoms in total. The molecular weight excluding hydrogens is 214 g/mol. The van der Waals surface area contributed by atoms with E-state index < -0.39 is 0 Å². The van der Waals surface area contributed by atoms with Crippen LogP contribution in [0.5, 0.6) is 5.88 Å². The van der Waals surface area contributed by atoms with E-state index in [1.807, 2.05) is 18.2 Å². The third-order valence-electron chi connectivity index (χ3n) is 2.31. The van der Waals surface area contributed by atoms with Gasteiger partial charge >= 0.3 is 0 Å². The molecule has 0 atom stereocenters. The van der Waals surface area contributed by atoms with E-state index in [4.69, 9.17) is 10.5 Å². The van der Waals surface area contributed by atoms with Crippen LogP contribution >= 0.6 is 0 Å². The smallest absolute Gasteiger partial charge is 0.213 e. The summed E-state index contributed by atoms with van der Waals surface area (Å²) in [5.74, 6) is 0.611. The monoisotopic (exact) mass is 229 g/mol. The fourth-order valence-electron chi connectivity index (χ4n) is 1.45. The number of nitrogen functional groups attached to an aromatic ring is 1. The molecule has 0 fully saturated rings. The SMILES string of the molecule is Nc1ccc(OCCCc2ccccn2)nc1. The first-order valence-electron chi connectivity index (χ1n) is 5.59. The van der Waals surface area contributed by atoms with Gasteiger partial charge in [-0.2, -0.15) is 0 Å². The molecular formula is C13H15N3O. The Morgan fingerprint density at radius 3 is 2.76 bits per heavy atom. The molecule has 0 aliphatic rings. The molecule has 88 valence electrons. The van der Waals surface area contributed by atoms with Gasteiger partial charge in [-0.3, -0.25) is 4.98 Å². The summed E-state index contributed by atoms with van der Waals surface area (Å²) in [5.41, 5.74) is 7.26. The minimum atomic E-state index is 0.611. The molecule has 0 spiro atoms. The Bertz CT molecular complexity index is 442. The molecule has 0 aromatic carbocycles. The number of pyridine rings is 2. The normalized spacial score (nSPS) is 10.1. The van der Waals surface area contributed by atoms with Gasteiger partial charge in [-0.25, -0.2) is 4.98 Å². The summed E-state index contributed by atoms with van der Waals surface area (Å²) in [6.45, 7) is 0.632. The second-order valence-corrected chi connectivity index (χ2v) is 3.70. The molecule has 2 N–H and O–H groups in total. The topological polar surface area (TPSA) is 61.0 Å². The summed E-state index contributed by atoms with van der Waals surface area (Å²) in [4.78, 5) is 8.31. The summed E-state index contributed by atoms with van der Waals surface area (Å²) in [7, 11) is 0. The molecule has 2 rings (SSSR count). The number of hydrogen-bond acceptors (Lipinski definition) is 4. The molecule has 0 aliphatic heterocycles. The van der Waals surface area contributed by atoms with Crippen molar-refractivity contribution in [3.8, 4) is 5.88 Å². The van der Waals surface area contributed by atoms with Gasteiger partial charge in [0.15, 0.2) is 0 Å². The van der Waals surface area contributed by atoms with Gasteiger partial charge in [0.1, 0.15) is 0 Å². The summed E-state index contributed by atoms with van der Waals surface area (Å²) >= 11 is 0. The molecule has 0 aliphatic carbocycles. The predicted octanol–water partition coefficient (Wildman–Crippen LogP) is 2.07. The Balaban J connectivity index is 1.71. The minimum Gasteiger partial charge on any atom is -0.478 e. The number of hydrogen-bond donors (Lipinski definition) is 1. The van der Waals surface area contributed by atoms with Gasteiger partial charge in [-0.05, 0) is 31.0 Å². The van der Waals surface area contributed by atoms with E-state index in [9.17, 15) is 0 Å². The van der Waals surface area contributed by atoms with Crippen LogP contribution in [0.2, 0.25) is 0 Å². The maximum Gasteiger partial charge on any atom is 0.213 e. The van der Waals surface area contributed by atoms with E-state index >= 15 is 0 Å². The summed E-state index contributed by atoms with van der Waals surface area (Å²) in [6, 6.07) is 9.47. The van der Waals surface area contributed by atoms with Crippen LogP contribution in [0.4, 0.5) is 5.69 Å². The van der Waals surface area contributed by atoms with Crippen molar-refractivity contribution in [2.45, 2.75) is 12.8 Å². The van der Waals surface area contributed by atoms with Crippen LogP contribution in [0.15, 0.2) is 42.7 Å². The van der Waals surface area contributed by atoms with Crippen LogP contribution < -0.4 is 10.5 Å². The van der Waals surface area contributed by atoms with Crippen LogP contribution in [-0.4, -0.2) is 16.6 Å². The number of nitrogens with zero attached hydrogens (tertiary/aromatic N) is 2. The zero-order valence-corrected chi connectivity index (χ0v) is 9.54. The molecule has 0 bridgehead atoms. The summed E-state index contributed by atoms with van der Waals surface area (Å²) in [6.07, 6.45) is 5.23. The van der Waals surface area contributed by atoms with Gasteiger partial charge in [0.25, 0.3) is 0 Å². The van der Waals surface area contributed by atoms with E-state index in [0.29, 0.717) is 18.2 Å². The molecule has 0 saturated heterocycles. The lowest BCUT2D eigenvalue weighted by atomic mass is 10.2. The zero-order chi connectivity index (χ0) is 11.9. The first-order chi connectivity index (χ1) is 8.34. The molecule has 2 aromatic rings. The number of rotatable bonds is 5. The van der Waals surface area contributed by atoms with Gasteiger partial charge in [0.2, 0.25) is 5.88 Å². The average molecular weight is 229 g/mol. The quantitative estimate of drug-likeness (QED) is 0.797. The largest absolute Gasteiger partial charge is 0.478 e. The predicted molar refractivity (Wildman–Crippen MR) is 66.7 cm³/mol. The first-order valence-corrected chi connectivity index (χ1v) is 5.59. The molecule has 0 radical (unpaired) electrons. The maximum atomic E-state index is 5.53. The van der Waals surface area contributed by atoms with Crippen LogP contribution in [-0.2, 0) is 6.42 Å². The molecule has 2 aromatic heterocycles. The zero-order valence-electron chi connectivity index (χ0n) is 9.54. The van der Waals surface area contributed by atoms with Crippen LogP contribution in [0, 0.1) is 0 Å². The highest BCUT2D eigenvalue weighted by molar-refractivity contribution is 5.35. The molecule has 4 heteroatoms. The van der Waals surface area contributed by atoms with Crippen molar-refractivity contribution in [3.63, 3.8) is 0 Å². The third-order valence-corrected chi connectivity index (χ3v) is 2.31. The summed E-state index contributed by atoms with van der Waals surface area (Å²) < 4.78 is 5.49. The van der Waals surface area contributed by atoms with Gasteiger partial charge < -0.3 is 10.5 Å². The molecule has 17 heavy (non-hydrogen) atoms. The number of aromatic nitrogens is 2. The van der Waals surface area contributed by atoms with E-state index in [-0.39, 0.29) is 0 Å². The standard InChI is InChI=1S/C13H15N3O/c14-11-6-7-13(16-10-11)17-9-3-5-12-4-1-2-8-15-12/h1-2,4,6-8,10H,3,5,9,14H2. The Labute approximate surface area is 100 Å². The second kappa shape index (κ2) is 5.84. The molecule has 0 amide bonds. The first kappa shape index (κ1) is 11.4. The Kier molecular flexibility index (Phi) is 3.91. The molecule has 2 heterocycles. The molecule has 0 unspecified atom stereocenters. The number of anilines is 1. The van der Waals surface area contributed by atoms with E-state index in [1.54, 1.807) is 24.5 Å². The van der Waals surface area contributed by atoms with Crippen molar-refractivity contribution in [2.75, 3.05) is 12.3 Å². The Morgan fingerprint density at radius 1 is 1.12 bits per heavy atom. The van der Waals surface area contributed by atoms with Gasteiger partial charge in [-0.15, -0.1) is 0 Å². The van der Waals surface area contributed by atoms with Crippen molar-refractivity contribution >= 4 is 5.69 Å². The van der Waals surface area contributed by atoms with Crippen LogP contribution in [0.25, 0.3) is 0 Å². The molecule has 0 saturated carbocycles. The highest BCUT2D eigenvalue weighted by atomic mass is 16.5. The minimum absolute atomic E-state index is 0.611.